The third-order valence-corrected chi connectivity index (χ3v) is 8.99. The molecule has 2 aliphatic heterocycles. The summed E-state index contributed by atoms with van der Waals surface area (Å²) in [6.07, 6.45) is 7.08. The number of aliphatic imine (C=N–C) groups is 1. The molecule has 3 unspecified atom stereocenters. The Morgan fingerprint density at radius 3 is 2.54 bits per heavy atom. The van der Waals surface area contributed by atoms with Gasteiger partial charge in [-0.3, -0.25) is 4.99 Å². The van der Waals surface area contributed by atoms with Gasteiger partial charge in [0.05, 0.1) is 11.9 Å². The average molecular weight is 385 g/mol. The van der Waals surface area contributed by atoms with Gasteiger partial charge in [0.1, 0.15) is 0 Å². The molecule has 8 heteroatoms. The molecule has 148 valence electrons. The molecule has 2 saturated heterocycles. The predicted molar refractivity (Wildman–Crippen MR) is 102 cm³/mol. The molecule has 2 N–H and O–H groups in total. The van der Waals surface area contributed by atoms with Crippen molar-refractivity contribution in [3.8, 4) is 0 Å². The molecule has 2 saturated carbocycles. The Morgan fingerprint density at radius 1 is 1.23 bits per heavy atom. The first-order valence-corrected chi connectivity index (χ1v) is 11.7. The van der Waals surface area contributed by atoms with Crippen LogP contribution >= 0.6 is 0 Å². The zero-order chi connectivity index (χ0) is 18.4. The fourth-order valence-corrected chi connectivity index (χ4v) is 6.56. The number of hydrogen-bond donors (Lipinski definition) is 2. The zero-order valence-electron chi connectivity index (χ0n) is 15.9. The number of nitrogens with zero attached hydrogens (tertiary/aromatic N) is 2. The summed E-state index contributed by atoms with van der Waals surface area (Å²) in [4.78, 5) is 4.45. The highest BCUT2D eigenvalue weighted by Gasteiger charge is 2.66. The molecule has 0 bridgehead atoms. The third kappa shape index (κ3) is 2.94. The maximum Gasteiger partial charge on any atom is 0.213 e. The highest BCUT2D eigenvalue weighted by Crippen LogP contribution is 2.62. The van der Waals surface area contributed by atoms with E-state index in [1.165, 1.54) is 19.3 Å². The van der Waals surface area contributed by atoms with Crippen LogP contribution in [0, 0.1) is 11.3 Å². The van der Waals surface area contributed by atoms with Crippen LogP contribution in [0.1, 0.15) is 45.4 Å². The molecule has 26 heavy (non-hydrogen) atoms. The molecule has 0 aromatic rings. The number of nitrogens with one attached hydrogen (secondary N) is 2. The standard InChI is InChI=1S/C18H32N4O3S/c1-3-26(23,24)22-10-5-13(6-11-22)20-17(19-2)21-15-14-7-12-25-16(14)18(15)8-4-9-18/h13-16H,3-12H2,1-2H3,(H2,19,20,21). The van der Waals surface area contributed by atoms with Gasteiger partial charge in [-0.1, -0.05) is 6.42 Å². The number of fused-ring (bicyclic) bond motifs is 2. The molecule has 3 atom stereocenters. The van der Waals surface area contributed by atoms with Gasteiger partial charge in [-0.2, -0.15) is 0 Å². The second-order valence-electron chi connectivity index (χ2n) is 8.24. The number of guanidine groups is 1. The highest BCUT2D eigenvalue weighted by atomic mass is 32.2. The second kappa shape index (κ2) is 6.95. The van der Waals surface area contributed by atoms with Gasteiger partial charge in [0.25, 0.3) is 0 Å². The second-order valence-corrected chi connectivity index (χ2v) is 10.5. The van der Waals surface area contributed by atoms with E-state index in [1.54, 1.807) is 11.2 Å². The van der Waals surface area contributed by atoms with Crippen LogP contribution < -0.4 is 10.6 Å². The first kappa shape index (κ1) is 18.5. The van der Waals surface area contributed by atoms with Gasteiger partial charge in [0.15, 0.2) is 5.96 Å². The quantitative estimate of drug-likeness (QED) is 0.556. The van der Waals surface area contributed by atoms with Crippen LogP contribution in [0.4, 0.5) is 0 Å². The van der Waals surface area contributed by atoms with Gasteiger partial charge in [-0.25, -0.2) is 12.7 Å². The Morgan fingerprint density at radius 2 is 1.96 bits per heavy atom. The van der Waals surface area contributed by atoms with Crippen molar-refractivity contribution in [2.45, 2.75) is 63.6 Å². The van der Waals surface area contributed by atoms with E-state index in [-0.39, 0.29) is 11.8 Å². The van der Waals surface area contributed by atoms with Crippen LogP contribution in [-0.2, 0) is 14.8 Å². The number of hydrogen-bond acceptors (Lipinski definition) is 4. The molecule has 4 aliphatic rings. The summed E-state index contributed by atoms with van der Waals surface area (Å²) in [6.45, 7) is 3.79. The summed E-state index contributed by atoms with van der Waals surface area (Å²) in [5, 5.41) is 7.23. The van der Waals surface area contributed by atoms with Gasteiger partial charge in [0.2, 0.25) is 10.0 Å². The molecule has 2 aliphatic carbocycles. The Balaban J connectivity index is 1.32. The van der Waals surface area contributed by atoms with Gasteiger partial charge in [0, 0.05) is 50.2 Å². The van der Waals surface area contributed by atoms with Gasteiger partial charge in [-0.05, 0) is 39.0 Å². The minimum atomic E-state index is -3.07. The lowest BCUT2D eigenvalue weighted by Crippen LogP contribution is -2.72. The summed E-state index contributed by atoms with van der Waals surface area (Å²) >= 11 is 0. The molecule has 4 rings (SSSR count). The summed E-state index contributed by atoms with van der Waals surface area (Å²) < 4.78 is 31.6. The van der Waals surface area contributed by atoms with Crippen LogP contribution in [0.5, 0.6) is 0 Å². The van der Waals surface area contributed by atoms with Crippen LogP contribution in [0.15, 0.2) is 4.99 Å². The summed E-state index contributed by atoms with van der Waals surface area (Å²) in [5.74, 6) is 1.66. The van der Waals surface area contributed by atoms with Gasteiger partial charge in [-0.15, -0.1) is 0 Å². The van der Waals surface area contributed by atoms with Crippen LogP contribution in [-0.4, -0.2) is 69.4 Å². The maximum absolute atomic E-state index is 12.0. The lowest BCUT2D eigenvalue weighted by molar-refractivity contribution is -0.171. The van der Waals surface area contributed by atoms with Gasteiger partial charge >= 0.3 is 0 Å². The molecule has 4 fully saturated rings. The predicted octanol–water partition coefficient (Wildman–Crippen LogP) is 0.923. The number of rotatable bonds is 4. The molecule has 0 radical (unpaired) electrons. The van der Waals surface area contributed by atoms with Crippen LogP contribution in [0.25, 0.3) is 0 Å². The van der Waals surface area contributed by atoms with Crippen molar-refractivity contribution in [2.24, 2.45) is 16.3 Å². The Kier molecular flexibility index (Phi) is 4.94. The molecule has 0 amide bonds. The van der Waals surface area contributed by atoms with Crippen molar-refractivity contribution >= 4 is 16.0 Å². The molecular formula is C18H32N4O3S. The minimum absolute atomic E-state index is 0.183. The van der Waals surface area contributed by atoms with Crippen molar-refractivity contribution in [1.29, 1.82) is 0 Å². The summed E-state index contributed by atoms with van der Waals surface area (Å²) in [5.41, 5.74) is 0.331. The number of piperidine rings is 1. The highest BCUT2D eigenvalue weighted by molar-refractivity contribution is 7.89. The number of sulfonamides is 1. The Labute approximate surface area is 157 Å². The summed E-state index contributed by atoms with van der Waals surface area (Å²) in [6, 6.07) is 0.744. The largest absolute Gasteiger partial charge is 0.377 e. The Hall–Kier alpha value is -0.860. The van der Waals surface area contributed by atoms with Crippen LogP contribution in [0.3, 0.4) is 0 Å². The smallest absolute Gasteiger partial charge is 0.213 e. The molecule has 7 nitrogen and oxygen atoms in total. The average Bonchev–Trinajstić information content (AvgIpc) is 3.02. The topological polar surface area (TPSA) is 83.0 Å². The molecule has 0 aromatic carbocycles. The lowest BCUT2D eigenvalue weighted by Gasteiger charge is -2.63. The third-order valence-electron chi connectivity index (χ3n) is 7.10. The molecular weight excluding hydrogens is 352 g/mol. The molecule has 0 aromatic heterocycles. The first-order chi connectivity index (χ1) is 12.5. The van der Waals surface area contributed by atoms with E-state index < -0.39 is 10.0 Å². The maximum atomic E-state index is 12.0. The zero-order valence-corrected chi connectivity index (χ0v) is 16.7. The minimum Gasteiger partial charge on any atom is -0.377 e. The van der Waals surface area contributed by atoms with E-state index >= 15 is 0 Å². The lowest BCUT2D eigenvalue weighted by atomic mass is 9.46. The van der Waals surface area contributed by atoms with Crippen molar-refractivity contribution in [1.82, 2.24) is 14.9 Å². The monoisotopic (exact) mass is 384 g/mol. The fraction of sp³-hybridized carbons (Fsp3) is 0.944. The Bertz CT molecular complexity index is 653. The molecule has 2 heterocycles. The number of ether oxygens (including phenoxy) is 1. The summed E-state index contributed by atoms with van der Waals surface area (Å²) in [7, 11) is -1.25. The van der Waals surface area contributed by atoms with E-state index in [0.29, 0.717) is 36.6 Å². The first-order valence-electron chi connectivity index (χ1n) is 10.1. The van der Waals surface area contributed by atoms with Crippen molar-refractivity contribution in [2.75, 3.05) is 32.5 Å². The van der Waals surface area contributed by atoms with E-state index in [9.17, 15) is 8.42 Å². The molecule has 1 spiro atoms. The fourth-order valence-electron chi connectivity index (χ4n) is 5.43. The van der Waals surface area contributed by atoms with E-state index in [2.05, 4.69) is 15.6 Å². The van der Waals surface area contributed by atoms with E-state index in [0.717, 1.165) is 31.8 Å². The SMILES string of the molecule is CCS(=O)(=O)N1CCC(NC(=NC)NC2C3CCOC3C23CCC3)CC1. The van der Waals surface area contributed by atoms with Crippen molar-refractivity contribution < 1.29 is 13.2 Å². The van der Waals surface area contributed by atoms with Crippen molar-refractivity contribution in [3.63, 3.8) is 0 Å². The van der Waals surface area contributed by atoms with Gasteiger partial charge < -0.3 is 15.4 Å². The van der Waals surface area contributed by atoms with E-state index in [4.69, 9.17) is 4.74 Å². The van der Waals surface area contributed by atoms with Crippen LogP contribution in [0.2, 0.25) is 0 Å². The normalized spacial score (nSPS) is 34.8. The van der Waals surface area contributed by atoms with Crippen molar-refractivity contribution in [3.05, 3.63) is 0 Å². The van der Waals surface area contributed by atoms with E-state index in [1.807, 2.05) is 7.05 Å².